The van der Waals surface area contributed by atoms with Crippen molar-refractivity contribution in [2.24, 2.45) is 16.7 Å². The Kier molecular flexibility index (Phi) is 6.13. The SMILES string of the molecule is CN(Cc1ccccc1)S(=O)(=O)c1cc(C(=O)N[C@@H]2C3(C)CC[C@H](C3)C2(C)C)c(Cl)cc1F. The smallest absolute Gasteiger partial charge is 0.253 e. The third kappa shape index (κ3) is 4.19. The van der Waals surface area contributed by atoms with E-state index >= 15 is 0 Å². The zero-order chi connectivity index (χ0) is 24.2. The highest BCUT2D eigenvalue weighted by atomic mass is 35.5. The van der Waals surface area contributed by atoms with Gasteiger partial charge in [-0.1, -0.05) is 62.7 Å². The molecule has 0 heterocycles. The lowest BCUT2D eigenvalue weighted by atomic mass is 9.68. The third-order valence-electron chi connectivity index (χ3n) is 7.75. The van der Waals surface area contributed by atoms with Crippen molar-refractivity contribution >= 4 is 27.5 Å². The molecule has 0 saturated heterocycles. The highest BCUT2D eigenvalue weighted by molar-refractivity contribution is 7.89. The minimum Gasteiger partial charge on any atom is -0.348 e. The van der Waals surface area contributed by atoms with E-state index in [1.54, 1.807) is 24.3 Å². The molecule has 4 rings (SSSR count). The highest BCUT2D eigenvalue weighted by Crippen LogP contribution is 2.62. The van der Waals surface area contributed by atoms with Crippen molar-refractivity contribution in [1.82, 2.24) is 9.62 Å². The Morgan fingerprint density at radius 2 is 1.88 bits per heavy atom. The summed E-state index contributed by atoms with van der Waals surface area (Å²) in [5.74, 6) is -0.934. The minimum atomic E-state index is -4.19. The van der Waals surface area contributed by atoms with Crippen LogP contribution in [0.5, 0.6) is 0 Å². The van der Waals surface area contributed by atoms with Crippen molar-refractivity contribution in [3.05, 3.63) is 64.4 Å². The average Bonchev–Trinajstić information content (AvgIpc) is 3.22. The lowest BCUT2D eigenvalue weighted by molar-refractivity contribution is 0.0737. The predicted molar refractivity (Wildman–Crippen MR) is 127 cm³/mol. The van der Waals surface area contributed by atoms with Gasteiger partial charge in [0, 0.05) is 19.6 Å². The molecule has 33 heavy (non-hydrogen) atoms. The van der Waals surface area contributed by atoms with Gasteiger partial charge < -0.3 is 5.32 Å². The van der Waals surface area contributed by atoms with Gasteiger partial charge >= 0.3 is 0 Å². The van der Waals surface area contributed by atoms with Crippen molar-refractivity contribution in [1.29, 1.82) is 0 Å². The van der Waals surface area contributed by atoms with Crippen LogP contribution in [0.25, 0.3) is 0 Å². The van der Waals surface area contributed by atoms with Gasteiger partial charge in [0.15, 0.2) is 0 Å². The van der Waals surface area contributed by atoms with Gasteiger partial charge in [-0.15, -0.1) is 0 Å². The van der Waals surface area contributed by atoms with E-state index in [1.165, 1.54) is 7.05 Å². The molecule has 8 heteroatoms. The Morgan fingerprint density at radius 1 is 1.21 bits per heavy atom. The second-order valence-electron chi connectivity index (χ2n) is 10.3. The highest BCUT2D eigenvalue weighted by Gasteiger charge is 2.59. The van der Waals surface area contributed by atoms with Crippen LogP contribution in [0.2, 0.25) is 5.02 Å². The Balaban J connectivity index is 1.62. The predicted octanol–water partition coefficient (Wildman–Crippen LogP) is 5.24. The number of rotatable bonds is 6. The van der Waals surface area contributed by atoms with Crippen LogP contribution in [0.1, 0.15) is 56.0 Å². The number of amides is 1. The number of halogens is 2. The van der Waals surface area contributed by atoms with Crippen LogP contribution >= 0.6 is 11.6 Å². The Hall–Kier alpha value is -1.96. The van der Waals surface area contributed by atoms with Crippen molar-refractivity contribution in [2.45, 2.75) is 57.5 Å². The molecule has 1 unspecified atom stereocenters. The number of fused-ring (bicyclic) bond motifs is 2. The summed E-state index contributed by atoms with van der Waals surface area (Å²) in [4.78, 5) is 12.7. The topological polar surface area (TPSA) is 66.5 Å². The summed E-state index contributed by atoms with van der Waals surface area (Å²) in [6.07, 6.45) is 3.22. The summed E-state index contributed by atoms with van der Waals surface area (Å²) in [5, 5.41) is 3.00. The molecule has 2 bridgehead atoms. The zero-order valence-electron chi connectivity index (χ0n) is 19.4. The molecule has 2 aliphatic carbocycles. The lowest BCUT2D eigenvalue weighted by Gasteiger charge is -2.43. The summed E-state index contributed by atoms with van der Waals surface area (Å²) in [6.45, 7) is 6.58. The Bertz CT molecular complexity index is 1180. The summed E-state index contributed by atoms with van der Waals surface area (Å²) < 4.78 is 42.2. The number of nitrogens with zero attached hydrogens (tertiary/aromatic N) is 1. The van der Waals surface area contributed by atoms with E-state index in [4.69, 9.17) is 11.6 Å². The number of hydrogen-bond acceptors (Lipinski definition) is 3. The molecule has 2 aliphatic rings. The van der Waals surface area contributed by atoms with E-state index < -0.39 is 26.6 Å². The average molecular weight is 493 g/mol. The van der Waals surface area contributed by atoms with E-state index in [-0.39, 0.29) is 34.0 Å². The quantitative estimate of drug-likeness (QED) is 0.599. The fraction of sp³-hybridized carbons (Fsp3) is 0.480. The molecule has 178 valence electrons. The molecule has 0 aromatic heterocycles. The summed E-state index contributed by atoms with van der Waals surface area (Å²) in [6, 6.07) is 10.9. The molecule has 5 nitrogen and oxygen atoms in total. The number of benzene rings is 2. The second kappa shape index (κ2) is 8.36. The monoisotopic (exact) mass is 492 g/mol. The van der Waals surface area contributed by atoms with Gasteiger partial charge in [-0.3, -0.25) is 4.79 Å². The van der Waals surface area contributed by atoms with E-state index in [1.807, 2.05) is 6.07 Å². The van der Waals surface area contributed by atoms with Crippen LogP contribution in [0.4, 0.5) is 4.39 Å². The molecule has 0 radical (unpaired) electrons. The van der Waals surface area contributed by atoms with Gasteiger partial charge in [-0.2, -0.15) is 4.31 Å². The van der Waals surface area contributed by atoms with Gasteiger partial charge in [-0.05, 0) is 53.7 Å². The van der Waals surface area contributed by atoms with Gasteiger partial charge in [0.25, 0.3) is 5.91 Å². The van der Waals surface area contributed by atoms with E-state index in [0.29, 0.717) is 5.92 Å². The van der Waals surface area contributed by atoms with E-state index in [2.05, 4.69) is 26.1 Å². The van der Waals surface area contributed by atoms with Gasteiger partial charge in [0.05, 0.1) is 10.6 Å². The Morgan fingerprint density at radius 3 is 2.48 bits per heavy atom. The van der Waals surface area contributed by atoms with Crippen molar-refractivity contribution in [2.75, 3.05) is 7.05 Å². The van der Waals surface area contributed by atoms with Crippen molar-refractivity contribution < 1.29 is 17.6 Å². The van der Waals surface area contributed by atoms with Crippen LogP contribution in [0.15, 0.2) is 47.4 Å². The molecule has 2 saturated carbocycles. The van der Waals surface area contributed by atoms with E-state index in [9.17, 15) is 17.6 Å². The number of hydrogen-bond donors (Lipinski definition) is 1. The molecule has 2 aromatic carbocycles. The summed E-state index contributed by atoms with van der Waals surface area (Å²) in [5.41, 5.74) is 0.635. The van der Waals surface area contributed by atoms with Gasteiger partial charge in [0.1, 0.15) is 10.7 Å². The zero-order valence-corrected chi connectivity index (χ0v) is 20.9. The maximum Gasteiger partial charge on any atom is 0.253 e. The first-order valence-electron chi connectivity index (χ1n) is 11.2. The van der Waals surface area contributed by atoms with Gasteiger partial charge in [-0.25, -0.2) is 12.8 Å². The molecule has 3 atom stereocenters. The van der Waals surface area contributed by atoms with Gasteiger partial charge in [0.2, 0.25) is 10.0 Å². The standard InChI is InChI=1S/C25H30ClFN2O3S/c1-24(2)17-10-11-25(3,14-17)23(24)28-22(30)18-12-21(20(27)13-19(18)26)33(31,32)29(4)15-16-8-6-5-7-9-16/h5-9,12-13,17,23H,10-11,14-15H2,1-4H3,(H,28,30)/t17-,23+,25?/m1/s1. The molecule has 1 N–H and O–H groups in total. The number of sulfonamides is 1. The second-order valence-corrected chi connectivity index (χ2v) is 12.8. The first-order valence-corrected chi connectivity index (χ1v) is 13.0. The number of carbonyl (C=O) groups excluding carboxylic acids is 1. The molecular formula is C25H30ClFN2O3S. The molecule has 0 aliphatic heterocycles. The maximum atomic E-state index is 14.8. The van der Waals surface area contributed by atoms with E-state index in [0.717, 1.165) is 41.3 Å². The summed E-state index contributed by atoms with van der Waals surface area (Å²) in [7, 11) is -2.81. The van der Waals surface area contributed by atoms with Crippen molar-refractivity contribution in [3.8, 4) is 0 Å². The van der Waals surface area contributed by atoms with Crippen LogP contribution in [-0.2, 0) is 16.6 Å². The number of nitrogens with one attached hydrogen (secondary N) is 1. The Labute approximate surface area is 200 Å². The fourth-order valence-electron chi connectivity index (χ4n) is 5.87. The largest absolute Gasteiger partial charge is 0.348 e. The number of carbonyl (C=O) groups is 1. The summed E-state index contributed by atoms with van der Waals surface area (Å²) >= 11 is 6.22. The molecule has 0 spiro atoms. The van der Waals surface area contributed by atoms with Crippen LogP contribution < -0.4 is 5.32 Å². The lowest BCUT2D eigenvalue weighted by Crippen LogP contribution is -2.52. The normalized spacial score (nSPS) is 26.0. The first kappa shape index (κ1) is 24.2. The molecular weight excluding hydrogens is 463 g/mol. The third-order valence-corrected chi connectivity index (χ3v) is 9.88. The maximum absolute atomic E-state index is 14.8. The molecule has 2 aromatic rings. The fourth-order valence-corrected chi connectivity index (χ4v) is 7.33. The molecule has 1 amide bonds. The molecule has 2 fully saturated rings. The van der Waals surface area contributed by atoms with Crippen LogP contribution in [0, 0.1) is 22.6 Å². The van der Waals surface area contributed by atoms with Crippen LogP contribution in [0.3, 0.4) is 0 Å². The first-order chi connectivity index (χ1) is 15.4. The minimum absolute atomic E-state index is 0.0128. The van der Waals surface area contributed by atoms with Crippen LogP contribution in [-0.4, -0.2) is 31.7 Å². The van der Waals surface area contributed by atoms with Crippen molar-refractivity contribution in [3.63, 3.8) is 0 Å².